The Morgan fingerprint density at radius 1 is 0.931 bits per heavy atom. The fourth-order valence-electron chi connectivity index (χ4n) is 3.35. The molecule has 0 aliphatic carbocycles. The number of amides is 1. The number of nitrogens with zero attached hydrogens (tertiary/aromatic N) is 1. The van der Waals surface area contributed by atoms with Crippen LogP contribution in [0, 0.1) is 13.8 Å². The highest BCUT2D eigenvalue weighted by molar-refractivity contribution is 6.13. The van der Waals surface area contributed by atoms with Crippen molar-refractivity contribution >= 4 is 22.5 Å². The van der Waals surface area contributed by atoms with E-state index >= 15 is 0 Å². The average molecular weight is 382 g/mol. The van der Waals surface area contributed by atoms with Crippen molar-refractivity contribution in [3.63, 3.8) is 0 Å². The molecule has 0 spiro atoms. The minimum Gasteiger partial charge on any atom is -0.497 e. The van der Waals surface area contributed by atoms with Gasteiger partial charge in [0.05, 0.1) is 23.9 Å². The number of aromatic nitrogens is 1. The van der Waals surface area contributed by atoms with E-state index in [9.17, 15) is 4.79 Å². The van der Waals surface area contributed by atoms with E-state index < -0.39 is 0 Å². The molecule has 144 valence electrons. The van der Waals surface area contributed by atoms with Crippen molar-refractivity contribution in [2.24, 2.45) is 0 Å². The molecule has 4 aromatic rings. The maximum absolute atomic E-state index is 13.2. The molecule has 1 amide bonds. The van der Waals surface area contributed by atoms with Crippen molar-refractivity contribution in [3.8, 4) is 17.0 Å². The zero-order valence-electron chi connectivity index (χ0n) is 16.7. The van der Waals surface area contributed by atoms with Crippen LogP contribution in [0.5, 0.6) is 5.75 Å². The third-order valence-corrected chi connectivity index (χ3v) is 4.97. The lowest BCUT2D eigenvalue weighted by atomic mass is 10.0. The fraction of sp³-hybridized carbons (Fsp3) is 0.120. The van der Waals surface area contributed by atoms with Crippen LogP contribution in [0.4, 0.5) is 5.69 Å². The topological polar surface area (TPSA) is 51.2 Å². The molecule has 0 unspecified atom stereocenters. The van der Waals surface area contributed by atoms with Crippen LogP contribution in [0.15, 0.2) is 72.8 Å². The monoisotopic (exact) mass is 382 g/mol. The lowest BCUT2D eigenvalue weighted by Gasteiger charge is -2.13. The predicted octanol–water partition coefficient (Wildman–Crippen LogP) is 5.78. The second kappa shape index (κ2) is 7.76. The zero-order valence-corrected chi connectivity index (χ0v) is 16.7. The molecule has 4 nitrogen and oxygen atoms in total. The molecule has 0 aliphatic heterocycles. The maximum Gasteiger partial charge on any atom is 0.256 e. The Hall–Kier alpha value is -3.66. The van der Waals surface area contributed by atoms with E-state index in [1.807, 2.05) is 86.6 Å². The molecule has 3 aromatic carbocycles. The van der Waals surface area contributed by atoms with Gasteiger partial charge in [-0.25, -0.2) is 4.98 Å². The summed E-state index contributed by atoms with van der Waals surface area (Å²) in [7, 11) is 1.63. The summed E-state index contributed by atoms with van der Waals surface area (Å²) >= 11 is 0. The van der Waals surface area contributed by atoms with Crippen LogP contribution in [0.1, 0.15) is 21.5 Å². The van der Waals surface area contributed by atoms with Crippen molar-refractivity contribution in [2.45, 2.75) is 13.8 Å². The molecule has 1 N–H and O–H groups in total. The maximum atomic E-state index is 13.2. The van der Waals surface area contributed by atoms with Crippen LogP contribution in [0.3, 0.4) is 0 Å². The number of aryl methyl sites for hydroxylation is 2. The number of para-hydroxylation sites is 1. The van der Waals surface area contributed by atoms with Crippen LogP contribution in [-0.4, -0.2) is 18.0 Å². The van der Waals surface area contributed by atoms with Gasteiger partial charge in [-0.3, -0.25) is 4.79 Å². The van der Waals surface area contributed by atoms with E-state index in [0.29, 0.717) is 5.56 Å². The molecule has 0 radical (unpaired) electrons. The molecule has 4 heteroatoms. The molecule has 0 aliphatic rings. The highest BCUT2D eigenvalue weighted by Crippen LogP contribution is 2.28. The number of rotatable bonds is 4. The largest absolute Gasteiger partial charge is 0.497 e. The Labute approximate surface area is 170 Å². The molecule has 1 heterocycles. The minimum atomic E-state index is -0.151. The number of pyridine rings is 1. The van der Waals surface area contributed by atoms with E-state index in [-0.39, 0.29) is 5.91 Å². The highest BCUT2D eigenvalue weighted by Gasteiger charge is 2.15. The highest BCUT2D eigenvalue weighted by atomic mass is 16.5. The van der Waals surface area contributed by atoms with Crippen molar-refractivity contribution in [3.05, 3.63) is 89.5 Å². The normalized spacial score (nSPS) is 10.7. The Morgan fingerprint density at radius 2 is 1.76 bits per heavy atom. The molecule has 0 atom stereocenters. The van der Waals surface area contributed by atoms with Crippen LogP contribution >= 0.6 is 0 Å². The van der Waals surface area contributed by atoms with E-state index in [0.717, 1.165) is 44.7 Å². The number of carbonyl (C=O) groups excluding carboxylic acids is 1. The summed E-state index contributed by atoms with van der Waals surface area (Å²) in [6.45, 7) is 4.00. The van der Waals surface area contributed by atoms with Crippen molar-refractivity contribution in [1.29, 1.82) is 0 Å². The summed E-state index contributed by atoms with van der Waals surface area (Å²) in [6.07, 6.45) is 0. The summed E-state index contributed by atoms with van der Waals surface area (Å²) in [5, 5.41) is 3.89. The first-order valence-corrected chi connectivity index (χ1v) is 9.48. The number of nitrogens with one attached hydrogen (secondary N) is 1. The molecule has 0 bridgehead atoms. The van der Waals surface area contributed by atoms with Gasteiger partial charge in [-0.1, -0.05) is 42.5 Å². The Bertz CT molecular complexity index is 1210. The Kier molecular flexibility index (Phi) is 5.00. The zero-order chi connectivity index (χ0) is 20.4. The molecular weight excluding hydrogens is 360 g/mol. The minimum absolute atomic E-state index is 0.151. The molecule has 0 saturated carbocycles. The lowest BCUT2D eigenvalue weighted by Crippen LogP contribution is -2.14. The van der Waals surface area contributed by atoms with E-state index in [1.165, 1.54) is 0 Å². The van der Waals surface area contributed by atoms with Gasteiger partial charge in [0.25, 0.3) is 5.91 Å². The van der Waals surface area contributed by atoms with Crippen LogP contribution in [0.2, 0.25) is 0 Å². The number of anilines is 1. The lowest BCUT2D eigenvalue weighted by molar-refractivity contribution is 0.102. The Balaban J connectivity index is 1.82. The van der Waals surface area contributed by atoms with Crippen LogP contribution in [0.25, 0.3) is 22.2 Å². The van der Waals surface area contributed by atoms with Gasteiger partial charge in [-0.15, -0.1) is 0 Å². The molecule has 0 saturated heterocycles. The summed E-state index contributed by atoms with van der Waals surface area (Å²) in [6, 6.07) is 23.3. The SMILES string of the molecule is COc1cccc(-c2cc(C(=O)Nc3cc(C)ccc3C)c3ccccc3n2)c1. The molecule has 0 fully saturated rings. The second-order valence-electron chi connectivity index (χ2n) is 7.08. The number of methoxy groups -OCH3 is 1. The molecular formula is C25H22N2O2. The summed E-state index contributed by atoms with van der Waals surface area (Å²) in [5.41, 5.74) is 5.94. The summed E-state index contributed by atoms with van der Waals surface area (Å²) < 4.78 is 5.34. The second-order valence-corrected chi connectivity index (χ2v) is 7.08. The predicted molar refractivity (Wildman–Crippen MR) is 118 cm³/mol. The van der Waals surface area contributed by atoms with Gasteiger partial charge in [-0.2, -0.15) is 0 Å². The molecule has 4 rings (SSSR count). The van der Waals surface area contributed by atoms with Gasteiger partial charge in [0.15, 0.2) is 0 Å². The van der Waals surface area contributed by atoms with E-state index in [2.05, 4.69) is 5.32 Å². The van der Waals surface area contributed by atoms with E-state index in [4.69, 9.17) is 9.72 Å². The number of carbonyl (C=O) groups is 1. The van der Waals surface area contributed by atoms with Crippen molar-refractivity contribution in [1.82, 2.24) is 4.98 Å². The standard InChI is InChI=1S/C25H22N2O2/c1-16-11-12-17(2)23(13-16)27-25(28)21-15-24(18-7-6-8-19(14-18)29-3)26-22-10-5-4-9-20(21)22/h4-15H,1-3H3,(H,27,28). The first-order valence-electron chi connectivity index (χ1n) is 9.48. The average Bonchev–Trinajstić information content (AvgIpc) is 2.75. The molecule has 29 heavy (non-hydrogen) atoms. The number of hydrogen-bond donors (Lipinski definition) is 1. The van der Waals surface area contributed by atoms with Gasteiger partial charge >= 0.3 is 0 Å². The van der Waals surface area contributed by atoms with Crippen LogP contribution in [-0.2, 0) is 0 Å². The first kappa shape index (κ1) is 18.7. The molecule has 1 aromatic heterocycles. The van der Waals surface area contributed by atoms with E-state index in [1.54, 1.807) is 7.11 Å². The third-order valence-electron chi connectivity index (χ3n) is 4.97. The number of benzene rings is 3. The van der Waals surface area contributed by atoms with Gasteiger partial charge in [0.2, 0.25) is 0 Å². The number of hydrogen-bond acceptors (Lipinski definition) is 3. The van der Waals surface area contributed by atoms with Crippen molar-refractivity contribution in [2.75, 3.05) is 12.4 Å². The van der Waals surface area contributed by atoms with Crippen LogP contribution < -0.4 is 10.1 Å². The summed E-state index contributed by atoms with van der Waals surface area (Å²) in [5.74, 6) is 0.597. The Morgan fingerprint density at radius 3 is 2.59 bits per heavy atom. The van der Waals surface area contributed by atoms with Gasteiger partial charge in [0, 0.05) is 16.6 Å². The number of ether oxygens (including phenoxy) is 1. The summed E-state index contributed by atoms with van der Waals surface area (Å²) in [4.78, 5) is 18.0. The first-order chi connectivity index (χ1) is 14.0. The smallest absolute Gasteiger partial charge is 0.256 e. The van der Waals surface area contributed by atoms with Crippen molar-refractivity contribution < 1.29 is 9.53 Å². The van der Waals surface area contributed by atoms with Gasteiger partial charge in [0.1, 0.15) is 5.75 Å². The van der Waals surface area contributed by atoms with Gasteiger partial charge < -0.3 is 10.1 Å². The fourth-order valence-corrected chi connectivity index (χ4v) is 3.35. The quantitative estimate of drug-likeness (QED) is 0.487. The van der Waals surface area contributed by atoms with Gasteiger partial charge in [-0.05, 0) is 55.3 Å². The number of fused-ring (bicyclic) bond motifs is 1. The third kappa shape index (κ3) is 3.83.